The summed E-state index contributed by atoms with van der Waals surface area (Å²) in [5, 5.41) is 16.0. The summed E-state index contributed by atoms with van der Waals surface area (Å²) in [6.07, 6.45) is 3.22. The minimum Gasteiger partial charge on any atom is -0.446 e. The largest absolute Gasteiger partial charge is 0.446 e. The lowest BCUT2D eigenvalue weighted by molar-refractivity contribution is 0.112. The van der Waals surface area contributed by atoms with Crippen LogP contribution in [0.1, 0.15) is 28.1 Å². The number of carbonyl (C=O) groups excluding carboxylic acids is 2. The molecule has 2 N–H and O–H groups in total. The standard InChI is InChI=1S/C16H14N4O4S/c21-7-9-6-17-20-14(19-16(23)24-10-1-2-10)5-12(18-15(9)20)13-4-3-11(8-22)25-13/h3-7,10,22H,1-2,8H2,(H,19,23). The Hall–Kier alpha value is -2.78. The van der Waals surface area contributed by atoms with Gasteiger partial charge < -0.3 is 9.84 Å². The zero-order chi connectivity index (χ0) is 17.4. The van der Waals surface area contributed by atoms with Crippen LogP contribution >= 0.6 is 11.3 Å². The van der Waals surface area contributed by atoms with Crippen LogP contribution in [0.5, 0.6) is 0 Å². The highest BCUT2D eigenvalue weighted by Gasteiger charge is 2.26. The Morgan fingerprint density at radius 1 is 1.48 bits per heavy atom. The number of carbonyl (C=O) groups is 2. The molecule has 1 aliphatic carbocycles. The normalized spacial score (nSPS) is 13.8. The Kier molecular flexibility index (Phi) is 3.94. The minimum atomic E-state index is -0.564. The molecule has 3 aromatic heterocycles. The molecule has 1 aliphatic rings. The van der Waals surface area contributed by atoms with E-state index in [-0.39, 0.29) is 12.7 Å². The number of amides is 1. The van der Waals surface area contributed by atoms with Crippen molar-refractivity contribution in [3.63, 3.8) is 0 Å². The van der Waals surface area contributed by atoms with Gasteiger partial charge in [-0.3, -0.25) is 10.1 Å². The molecular formula is C16H14N4O4S. The van der Waals surface area contributed by atoms with Gasteiger partial charge in [0.2, 0.25) is 0 Å². The van der Waals surface area contributed by atoms with Crippen molar-refractivity contribution < 1.29 is 19.4 Å². The number of ether oxygens (including phenoxy) is 1. The molecule has 0 aliphatic heterocycles. The Morgan fingerprint density at radius 3 is 3.00 bits per heavy atom. The van der Waals surface area contributed by atoms with Gasteiger partial charge in [0, 0.05) is 10.9 Å². The van der Waals surface area contributed by atoms with Crippen LogP contribution in [0.4, 0.5) is 10.6 Å². The van der Waals surface area contributed by atoms with Gasteiger partial charge in [-0.15, -0.1) is 11.3 Å². The SMILES string of the molecule is O=Cc1cnn2c(NC(=O)OC3CC3)cc(-c3ccc(CO)s3)nc12. The Balaban J connectivity index is 1.77. The molecule has 0 atom stereocenters. The molecule has 1 amide bonds. The quantitative estimate of drug-likeness (QED) is 0.679. The summed E-state index contributed by atoms with van der Waals surface area (Å²) in [5.74, 6) is 0.359. The van der Waals surface area contributed by atoms with Crippen LogP contribution < -0.4 is 5.32 Å². The third kappa shape index (κ3) is 3.11. The summed E-state index contributed by atoms with van der Waals surface area (Å²) < 4.78 is 6.59. The molecule has 0 unspecified atom stereocenters. The van der Waals surface area contributed by atoms with Crippen molar-refractivity contribution in [3.8, 4) is 10.6 Å². The van der Waals surface area contributed by atoms with E-state index >= 15 is 0 Å². The second-order valence-electron chi connectivity index (χ2n) is 5.63. The molecule has 9 heteroatoms. The van der Waals surface area contributed by atoms with E-state index in [1.54, 1.807) is 12.1 Å². The van der Waals surface area contributed by atoms with Gasteiger partial charge in [-0.25, -0.2) is 9.78 Å². The third-order valence-electron chi connectivity index (χ3n) is 3.72. The van der Waals surface area contributed by atoms with Gasteiger partial charge in [-0.05, 0) is 25.0 Å². The molecular weight excluding hydrogens is 344 g/mol. The van der Waals surface area contributed by atoms with Gasteiger partial charge in [-0.1, -0.05) is 0 Å². The van der Waals surface area contributed by atoms with Gasteiger partial charge in [0.05, 0.1) is 28.9 Å². The molecule has 1 fully saturated rings. The second kappa shape index (κ2) is 6.26. The number of fused-ring (bicyclic) bond motifs is 1. The number of aromatic nitrogens is 3. The highest BCUT2D eigenvalue weighted by molar-refractivity contribution is 7.15. The zero-order valence-electron chi connectivity index (χ0n) is 13.0. The average Bonchev–Trinajstić information content (AvgIpc) is 3.14. The van der Waals surface area contributed by atoms with Crippen LogP contribution in [-0.4, -0.2) is 38.2 Å². The monoisotopic (exact) mass is 358 g/mol. The number of aliphatic hydroxyl groups is 1. The number of nitrogens with zero attached hydrogens (tertiary/aromatic N) is 3. The lowest BCUT2D eigenvalue weighted by atomic mass is 10.3. The number of hydrogen-bond acceptors (Lipinski definition) is 7. The summed E-state index contributed by atoms with van der Waals surface area (Å²) in [4.78, 5) is 29.3. The van der Waals surface area contributed by atoms with Crippen LogP contribution in [0.25, 0.3) is 16.2 Å². The first-order chi connectivity index (χ1) is 12.2. The van der Waals surface area contributed by atoms with E-state index in [4.69, 9.17) is 4.74 Å². The minimum absolute atomic E-state index is 0.0237. The van der Waals surface area contributed by atoms with Crippen LogP contribution in [0.2, 0.25) is 0 Å². The van der Waals surface area contributed by atoms with Crippen molar-refractivity contribution in [3.05, 3.63) is 34.8 Å². The fourth-order valence-electron chi connectivity index (χ4n) is 2.35. The van der Waals surface area contributed by atoms with Crippen molar-refractivity contribution in [2.75, 3.05) is 5.32 Å². The van der Waals surface area contributed by atoms with Gasteiger partial charge in [0.15, 0.2) is 11.9 Å². The number of aldehydes is 1. The van der Waals surface area contributed by atoms with Gasteiger partial charge >= 0.3 is 6.09 Å². The number of nitrogens with one attached hydrogen (secondary N) is 1. The molecule has 0 radical (unpaired) electrons. The second-order valence-corrected chi connectivity index (χ2v) is 6.80. The molecule has 25 heavy (non-hydrogen) atoms. The predicted octanol–water partition coefficient (Wildman–Crippen LogP) is 2.47. The van der Waals surface area contributed by atoms with E-state index in [0.717, 1.165) is 22.6 Å². The number of hydrogen-bond donors (Lipinski definition) is 2. The highest BCUT2D eigenvalue weighted by Crippen LogP contribution is 2.30. The van der Waals surface area contributed by atoms with Gasteiger partial charge in [0.1, 0.15) is 11.9 Å². The molecule has 0 spiro atoms. The Labute approximate surface area is 146 Å². The molecule has 3 aromatic rings. The maximum Gasteiger partial charge on any atom is 0.413 e. The van der Waals surface area contributed by atoms with Crippen LogP contribution in [0.3, 0.4) is 0 Å². The van der Waals surface area contributed by atoms with Crippen molar-refractivity contribution in [2.24, 2.45) is 0 Å². The van der Waals surface area contributed by atoms with Crippen molar-refractivity contribution in [2.45, 2.75) is 25.6 Å². The number of aliphatic hydroxyl groups excluding tert-OH is 1. The first-order valence-corrected chi connectivity index (χ1v) is 8.51. The molecule has 8 nitrogen and oxygen atoms in total. The smallest absolute Gasteiger partial charge is 0.413 e. The topological polar surface area (TPSA) is 106 Å². The molecule has 1 saturated carbocycles. The summed E-state index contributed by atoms with van der Waals surface area (Å²) >= 11 is 1.38. The number of anilines is 1. The van der Waals surface area contributed by atoms with Gasteiger partial charge in [-0.2, -0.15) is 9.61 Å². The highest BCUT2D eigenvalue weighted by atomic mass is 32.1. The Morgan fingerprint density at radius 2 is 2.32 bits per heavy atom. The first kappa shape index (κ1) is 15.7. The summed E-state index contributed by atoms with van der Waals surface area (Å²) in [6, 6.07) is 5.30. The lowest BCUT2D eigenvalue weighted by Gasteiger charge is -2.09. The molecule has 128 valence electrons. The molecule has 0 aromatic carbocycles. The molecule has 0 saturated heterocycles. The van der Waals surface area contributed by atoms with Crippen molar-refractivity contribution >= 4 is 35.2 Å². The summed E-state index contributed by atoms with van der Waals surface area (Å²) in [7, 11) is 0. The van der Waals surface area contributed by atoms with Crippen LogP contribution in [0, 0.1) is 0 Å². The van der Waals surface area contributed by atoms with E-state index in [0.29, 0.717) is 29.0 Å². The van der Waals surface area contributed by atoms with E-state index in [9.17, 15) is 14.7 Å². The average molecular weight is 358 g/mol. The van der Waals surface area contributed by atoms with E-state index in [1.165, 1.54) is 22.0 Å². The maximum absolute atomic E-state index is 12.0. The maximum atomic E-state index is 12.0. The zero-order valence-corrected chi connectivity index (χ0v) is 13.8. The van der Waals surface area contributed by atoms with Crippen molar-refractivity contribution in [1.82, 2.24) is 14.6 Å². The summed E-state index contributed by atoms with van der Waals surface area (Å²) in [5.41, 5.74) is 1.23. The Bertz CT molecular complexity index is 960. The van der Waals surface area contributed by atoms with E-state index in [2.05, 4.69) is 15.4 Å². The lowest BCUT2D eigenvalue weighted by Crippen LogP contribution is -2.17. The molecule has 0 bridgehead atoms. The fourth-order valence-corrected chi connectivity index (χ4v) is 3.18. The van der Waals surface area contributed by atoms with Crippen LogP contribution in [0.15, 0.2) is 24.4 Å². The molecule has 4 rings (SSSR count). The van der Waals surface area contributed by atoms with Crippen molar-refractivity contribution in [1.29, 1.82) is 0 Å². The third-order valence-corrected chi connectivity index (χ3v) is 4.82. The number of thiophene rings is 1. The predicted molar refractivity (Wildman–Crippen MR) is 90.7 cm³/mol. The fraction of sp³-hybridized carbons (Fsp3) is 0.250. The number of rotatable bonds is 5. The van der Waals surface area contributed by atoms with E-state index in [1.807, 2.05) is 6.07 Å². The molecule has 3 heterocycles. The van der Waals surface area contributed by atoms with Crippen LogP contribution in [-0.2, 0) is 11.3 Å². The van der Waals surface area contributed by atoms with Gasteiger partial charge in [0.25, 0.3) is 0 Å². The van der Waals surface area contributed by atoms with E-state index < -0.39 is 6.09 Å². The first-order valence-electron chi connectivity index (χ1n) is 7.69. The summed E-state index contributed by atoms with van der Waals surface area (Å²) in [6.45, 7) is -0.0575.